The van der Waals surface area contributed by atoms with E-state index in [0.29, 0.717) is 37.1 Å². The van der Waals surface area contributed by atoms with E-state index in [9.17, 15) is 9.59 Å². The quantitative estimate of drug-likeness (QED) is 0.773. The largest absolute Gasteiger partial charge is 0.361 e. The highest BCUT2D eigenvalue weighted by atomic mass is 16.1. The van der Waals surface area contributed by atoms with Gasteiger partial charge in [-0.3, -0.25) is 9.69 Å². The van der Waals surface area contributed by atoms with Crippen LogP contribution in [0.3, 0.4) is 0 Å². The number of carbonyl (C=O) groups is 2. The van der Waals surface area contributed by atoms with Gasteiger partial charge in [-0.25, -0.2) is 0 Å². The fourth-order valence-corrected chi connectivity index (χ4v) is 5.25. The van der Waals surface area contributed by atoms with Gasteiger partial charge in [-0.2, -0.15) is 0 Å². The van der Waals surface area contributed by atoms with Gasteiger partial charge in [0.2, 0.25) is 5.91 Å². The van der Waals surface area contributed by atoms with E-state index in [1.807, 2.05) is 0 Å². The fraction of sp³-hybridized carbons (Fsp3) is 0.565. The number of piperidine rings is 1. The van der Waals surface area contributed by atoms with Gasteiger partial charge in [0.15, 0.2) is 0 Å². The topological polar surface area (TPSA) is 65.2 Å². The number of benzene rings is 1. The Bertz CT molecular complexity index is 872. The van der Waals surface area contributed by atoms with E-state index in [-0.39, 0.29) is 11.7 Å². The molecule has 5 nitrogen and oxygen atoms in total. The maximum absolute atomic E-state index is 12.1. The highest BCUT2D eigenvalue weighted by Gasteiger charge is 2.40. The van der Waals surface area contributed by atoms with Crippen LogP contribution in [0, 0.1) is 5.92 Å². The van der Waals surface area contributed by atoms with Crippen molar-refractivity contribution in [2.75, 3.05) is 19.6 Å². The molecule has 1 aliphatic heterocycles. The van der Waals surface area contributed by atoms with Crippen molar-refractivity contribution in [2.45, 2.75) is 57.9 Å². The summed E-state index contributed by atoms with van der Waals surface area (Å²) in [6.07, 6.45) is 6.01. The van der Waals surface area contributed by atoms with Gasteiger partial charge in [-0.15, -0.1) is 0 Å². The second-order valence-electron chi connectivity index (χ2n) is 8.51. The van der Waals surface area contributed by atoms with Gasteiger partial charge in [0, 0.05) is 55.0 Å². The van der Waals surface area contributed by atoms with Crippen LogP contribution < -0.4 is 5.32 Å². The van der Waals surface area contributed by atoms with E-state index in [1.54, 1.807) is 6.92 Å². The highest BCUT2D eigenvalue weighted by molar-refractivity contribution is 5.88. The van der Waals surface area contributed by atoms with Gasteiger partial charge in [-0.1, -0.05) is 19.1 Å². The number of rotatable bonds is 7. The minimum Gasteiger partial charge on any atom is -0.361 e. The predicted molar refractivity (Wildman–Crippen MR) is 111 cm³/mol. The summed E-state index contributed by atoms with van der Waals surface area (Å²) in [6.45, 7) is 6.64. The normalized spacial score (nSPS) is 24.1. The first-order valence-electron chi connectivity index (χ1n) is 10.7. The standard InChI is InChI=1S/C23H31N3O2/c1-3-26-14-16(12-25-22(28)9-4-6-15(2)27)10-19-18-7-5-8-20-23(18)17(13-24-20)11-21(19)26/h5,7-8,13,16,19,21,24H,3-4,6,9-12,14H2,1-2H3,(H,25,28)/t16-,19?,21+/m0/s1. The molecule has 28 heavy (non-hydrogen) atoms. The summed E-state index contributed by atoms with van der Waals surface area (Å²) in [7, 11) is 0. The number of H-pyrrole nitrogens is 1. The molecule has 1 saturated heterocycles. The third-order valence-electron chi connectivity index (χ3n) is 6.59. The molecule has 0 radical (unpaired) electrons. The van der Waals surface area contributed by atoms with Crippen LogP contribution in [-0.2, 0) is 16.0 Å². The lowest BCUT2D eigenvalue weighted by molar-refractivity contribution is -0.121. The van der Waals surface area contributed by atoms with Crippen molar-refractivity contribution in [2.24, 2.45) is 5.92 Å². The van der Waals surface area contributed by atoms with Crippen LogP contribution in [0.15, 0.2) is 24.4 Å². The first-order valence-corrected chi connectivity index (χ1v) is 10.7. The number of likely N-dealkylation sites (tertiary alicyclic amines) is 1. The van der Waals surface area contributed by atoms with E-state index >= 15 is 0 Å². The lowest BCUT2D eigenvalue weighted by atomic mass is 9.72. The third-order valence-corrected chi connectivity index (χ3v) is 6.59. The summed E-state index contributed by atoms with van der Waals surface area (Å²) in [6, 6.07) is 7.19. The molecule has 2 aliphatic rings. The van der Waals surface area contributed by atoms with Crippen LogP contribution in [-0.4, -0.2) is 47.3 Å². The first kappa shape index (κ1) is 19.2. The third kappa shape index (κ3) is 3.72. The van der Waals surface area contributed by atoms with Crippen LogP contribution in [0.5, 0.6) is 0 Å². The molecule has 0 spiro atoms. The number of hydrogen-bond donors (Lipinski definition) is 2. The summed E-state index contributed by atoms with van der Waals surface area (Å²) in [5, 5.41) is 4.55. The molecule has 2 aromatic rings. The van der Waals surface area contributed by atoms with Crippen molar-refractivity contribution in [1.29, 1.82) is 0 Å². The monoisotopic (exact) mass is 381 g/mol. The number of nitrogens with one attached hydrogen (secondary N) is 2. The maximum atomic E-state index is 12.1. The Kier molecular flexibility index (Phi) is 5.54. The second kappa shape index (κ2) is 8.08. The van der Waals surface area contributed by atoms with E-state index < -0.39 is 0 Å². The number of fused-ring (bicyclic) bond motifs is 2. The van der Waals surface area contributed by atoms with Crippen LogP contribution in [0.2, 0.25) is 0 Å². The molecule has 4 rings (SSSR count). The summed E-state index contributed by atoms with van der Waals surface area (Å²) >= 11 is 0. The van der Waals surface area contributed by atoms with Gasteiger partial charge in [0.1, 0.15) is 5.78 Å². The second-order valence-corrected chi connectivity index (χ2v) is 8.51. The Morgan fingerprint density at radius 2 is 2.14 bits per heavy atom. The molecule has 1 aromatic heterocycles. The molecule has 2 heterocycles. The van der Waals surface area contributed by atoms with Crippen molar-refractivity contribution in [1.82, 2.24) is 15.2 Å². The molecule has 1 amide bonds. The molecular weight excluding hydrogens is 350 g/mol. The Morgan fingerprint density at radius 1 is 1.29 bits per heavy atom. The number of carbonyl (C=O) groups excluding carboxylic acids is 2. The Labute approximate surface area is 166 Å². The van der Waals surface area contributed by atoms with Gasteiger partial charge < -0.3 is 15.1 Å². The van der Waals surface area contributed by atoms with Gasteiger partial charge in [0.25, 0.3) is 0 Å². The number of likely N-dealkylation sites (N-methyl/N-ethyl adjacent to an activating group) is 1. The number of hydrogen-bond acceptors (Lipinski definition) is 3. The smallest absolute Gasteiger partial charge is 0.220 e. The zero-order valence-electron chi connectivity index (χ0n) is 17.0. The van der Waals surface area contributed by atoms with E-state index in [2.05, 4.69) is 46.5 Å². The summed E-state index contributed by atoms with van der Waals surface area (Å²) in [4.78, 5) is 29.2. The minimum absolute atomic E-state index is 0.0742. The number of nitrogens with zero attached hydrogens (tertiary/aromatic N) is 1. The van der Waals surface area contributed by atoms with Gasteiger partial charge in [-0.05, 0) is 55.8 Å². The van der Waals surface area contributed by atoms with Crippen molar-refractivity contribution >= 4 is 22.6 Å². The molecule has 150 valence electrons. The van der Waals surface area contributed by atoms with Crippen molar-refractivity contribution in [3.63, 3.8) is 0 Å². The van der Waals surface area contributed by atoms with E-state index in [0.717, 1.165) is 32.5 Å². The SMILES string of the molecule is CCN1C[C@H](CNC(=O)CCCC(C)=O)CC2c3cccc4[nH]cc(c34)C[C@H]21. The maximum Gasteiger partial charge on any atom is 0.220 e. The van der Waals surface area contributed by atoms with E-state index in [4.69, 9.17) is 0 Å². The van der Waals surface area contributed by atoms with Crippen molar-refractivity contribution in [3.05, 3.63) is 35.5 Å². The van der Waals surface area contributed by atoms with Gasteiger partial charge in [0.05, 0.1) is 0 Å². The lowest BCUT2D eigenvalue weighted by Crippen LogP contribution is -2.51. The fourth-order valence-electron chi connectivity index (χ4n) is 5.25. The average Bonchev–Trinajstić information content (AvgIpc) is 3.10. The van der Waals surface area contributed by atoms with Crippen LogP contribution >= 0.6 is 0 Å². The predicted octanol–water partition coefficient (Wildman–Crippen LogP) is 3.39. The molecule has 5 heteroatoms. The zero-order chi connectivity index (χ0) is 19.7. The number of aromatic nitrogens is 1. The molecule has 1 aliphatic carbocycles. The molecule has 1 unspecified atom stereocenters. The molecule has 3 atom stereocenters. The lowest BCUT2D eigenvalue weighted by Gasteiger charge is -2.47. The van der Waals surface area contributed by atoms with E-state index in [1.165, 1.54) is 22.0 Å². The van der Waals surface area contributed by atoms with Crippen molar-refractivity contribution < 1.29 is 9.59 Å². The molecule has 0 saturated carbocycles. The summed E-state index contributed by atoms with van der Waals surface area (Å²) in [5.74, 6) is 1.22. The van der Waals surface area contributed by atoms with Crippen LogP contribution in [0.1, 0.15) is 56.6 Å². The molecular formula is C23H31N3O2. The van der Waals surface area contributed by atoms with Crippen molar-refractivity contribution in [3.8, 4) is 0 Å². The zero-order valence-corrected chi connectivity index (χ0v) is 17.0. The minimum atomic E-state index is 0.0742. The average molecular weight is 382 g/mol. The molecule has 2 N–H and O–H groups in total. The number of amides is 1. The highest BCUT2D eigenvalue weighted by Crippen LogP contribution is 2.44. The Balaban J connectivity index is 1.44. The molecule has 0 bridgehead atoms. The first-order chi connectivity index (χ1) is 13.6. The van der Waals surface area contributed by atoms with Gasteiger partial charge >= 0.3 is 0 Å². The number of Topliss-reactive ketones (excluding diaryl/α,β-unsaturated/α-hetero) is 1. The molecule has 1 aromatic carbocycles. The number of ketones is 1. The summed E-state index contributed by atoms with van der Waals surface area (Å²) < 4.78 is 0. The Morgan fingerprint density at radius 3 is 2.93 bits per heavy atom. The van der Waals surface area contributed by atoms with Crippen LogP contribution in [0.4, 0.5) is 0 Å². The van der Waals surface area contributed by atoms with Crippen LogP contribution in [0.25, 0.3) is 10.9 Å². The summed E-state index contributed by atoms with van der Waals surface area (Å²) in [5.41, 5.74) is 4.17. The Hall–Kier alpha value is -2.14. The molecule has 1 fully saturated rings. The number of aromatic amines is 1.